The van der Waals surface area contributed by atoms with Gasteiger partial charge in [0.15, 0.2) is 12.1 Å². The van der Waals surface area contributed by atoms with Crippen molar-refractivity contribution in [1.82, 2.24) is 5.01 Å². The highest BCUT2D eigenvalue weighted by atomic mass is 16.7. The molecule has 0 saturated carbocycles. The number of ether oxygens (including phenoxy) is 3. The highest BCUT2D eigenvalue weighted by molar-refractivity contribution is 5.80. The maximum atomic E-state index is 11.9. The first-order valence-corrected chi connectivity index (χ1v) is 8.77. The molecule has 0 radical (unpaired) electrons. The van der Waals surface area contributed by atoms with Crippen molar-refractivity contribution < 1.29 is 19.0 Å². The van der Waals surface area contributed by atoms with Crippen LogP contribution in [0.5, 0.6) is 0 Å². The molecule has 1 aromatic carbocycles. The van der Waals surface area contributed by atoms with E-state index in [4.69, 9.17) is 14.2 Å². The molecule has 0 amide bonds. The number of hydrogen-bond acceptors (Lipinski definition) is 7. The Hall–Kier alpha value is -1.83. The normalized spacial score (nSPS) is 37.8. The fraction of sp³-hybridized carbons (Fsp3) is 0.611. The second kappa shape index (κ2) is 6.82. The number of rotatable bonds is 3. The summed E-state index contributed by atoms with van der Waals surface area (Å²) in [6, 6.07) is 10.0. The first-order valence-electron chi connectivity index (χ1n) is 8.77. The Morgan fingerprint density at radius 3 is 2.72 bits per heavy atom. The topological polar surface area (TPSA) is 72.7 Å². The van der Waals surface area contributed by atoms with Crippen LogP contribution >= 0.6 is 0 Å². The van der Waals surface area contributed by atoms with Crippen LogP contribution in [0, 0.1) is 0 Å². The predicted molar refractivity (Wildman–Crippen MR) is 88.8 cm³/mol. The minimum Gasteiger partial charge on any atom is -0.362 e. The number of Topliss-reactive ketones (excluding diaryl/α,β-unsaturated/α-hetero) is 1. The van der Waals surface area contributed by atoms with Gasteiger partial charge in [0.1, 0.15) is 18.3 Å². The molecular formula is C18H23N3O4. The monoisotopic (exact) mass is 345 g/mol. The van der Waals surface area contributed by atoms with Gasteiger partial charge in [0, 0.05) is 12.0 Å². The van der Waals surface area contributed by atoms with Crippen LogP contribution in [0.2, 0.25) is 0 Å². The largest absolute Gasteiger partial charge is 0.362 e. The molecule has 7 heteroatoms. The summed E-state index contributed by atoms with van der Waals surface area (Å²) in [5.41, 5.74) is 0.976. The molecule has 0 aliphatic carbocycles. The molecule has 3 unspecified atom stereocenters. The van der Waals surface area contributed by atoms with Crippen molar-refractivity contribution in [1.29, 1.82) is 0 Å². The van der Waals surface area contributed by atoms with E-state index in [1.165, 1.54) is 0 Å². The second-order valence-electron chi connectivity index (χ2n) is 6.90. The van der Waals surface area contributed by atoms with Crippen LogP contribution in [0.25, 0.3) is 0 Å². The number of hydrogen-bond donors (Lipinski definition) is 0. The van der Waals surface area contributed by atoms with Crippen molar-refractivity contribution in [2.75, 3.05) is 13.2 Å². The highest BCUT2D eigenvalue weighted by Gasteiger charge is 2.49. The third-order valence-electron chi connectivity index (χ3n) is 5.06. The van der Waals surface area contributed by atoms with Crippen LogP contribution in [-0.2, 0) is 19.0 Å². The lowest BCUT2D eigenvalue weighted by Crippen LogP contribution is -2.61. The molecule has 0 bridgehead atoms. The van der Waals surface area contributed by atoms with Gasteiger partial charge in [-0.1, -0.05) is 35.6 Å². The van der Waals surface area contributed by atoms with Gasteiger partial charge in [-0.3, -0.25) is 9.80 Å². The first-order chi connectivity index (χ1) is 12.1. The van der Waals surface area contributed by atoms with Gasteiger partial charge in [-0.25, -0.2) is 0 Å². The van der Waals surface area contributed by atoms with Crippen LogP contribution in [0.3, 0.4) is 0 Å². The first kappa shape index (κ1) is 16.6. The summed E-state index contributed by atoms with van der Waals surface area (Å²) in [5.74, 6) is 0.0254. The fourth-order valence-electron chi connectivity index (χ4n) is 3.72. The van der Waals surface area contributed by atoms with Crippen LogP contribution in [0.1, 0.15) is 32.1 Å². The Kier molecular flexibility index (Phi) is 4.54. The molecule has 6 atom stereocenters. The molecule has 7 nitrogen and oxygen atoms in total. The molecule has 0 aromatic heterocycles. The molecule has 3 aliphatic rings. The number of fused-ring (bicyclic) bond motifs is 1. The standard InChI is InChI=1S/C18H23N3O4/c1-11-9-19-20-21(11)14-8-15(12(2)22)24-16-10-23-18(25-17(14)16)13-6-4-3-5-7-13/h3-7,11,14-18H,8-10H2,1-2H3/t11?,14-,15?,16-,17-,18?/m1/s1. The Labute approximate surface area is 146 Å². The van der Waals surface area contributed by atoms with E-state index < -0.39 is 12.4 Å². The summed E-state index contributed by atoms with van der Waals surface area (Å²) in [6.07, 6.45) is -0.821. The maximum Gasteiger partial charge on any atom is 0.184 e. The van der Waals surface area contributed by atoms with Gasteiger partial charge >= 0.3 is 0 Å². The third kappa shape index (κ3) is 3.19. The lowest BCUT2D eigenvalue weighted by atomic mass is 9.92. The van der Waals surface area contributed by atoms with E-state index in [9.17, 15) is 4.79 Å². The van der Waals surface area contributed by atoms with E-state index in [-0.39, 0.29) is 30.1 Å². The zero-order valence-electron chi connectivity index (χ0n) is 14.4. The third-order valence-corrected chi connectivity index (χ3v) is 5.06. The van der Waals surface area contributed by atoms with E-state index in [1.807, 2.05) is 35.3 Å². The highest BCUT2D eigenvalue weighted by Crippen LogP contribution is 2.37. The maximum absolute atomic E-state index is 11.9. The quantitative estimate of drug-likeness (QED) is 0.840. The lowest BCUT2D eigenvalue weighted by Gasteiger charge is -2.48. The summed E-state index contributed by atoms with van der Waals surface area (Å²) in [6.45, 7) is 4.71. The zero-order chi connectivity index (χ0) is 17.4. The van der Waals surface area contributed by atoms with Gasteiger partial charge in [0.05, 0.1) is 25.2 Å². The van der Waals surface area contributed by atoms with Crippen molar-refractivity contribution >= 4 is 5.78 Å². The van der Waals surface area contributed by atoms with Gasteiger partial charge in [0.25, 0.3) is 0 Å². The van der Waals surface area contributed by atoms with Crippen LogP contribution < -0.4 is 0 Å². The van der Waals surface area contributed by atoms with Crippen LogP contribution in [0.4, 0.5) is 0 Å². The van der Waals surface area contributed by atoms with Crippen molar-refractivity contribution in [3.63, 3.8) is 0 Å². The number of ketones is 1. The minimum atomic E-state index is -0.449. The molecule has 2 fully saturated rings. The van der Waals surface area contributed by atoms with Gasteiger partial charge in [-0.15, -0.1) is 0 Å². The van der Waals surface area contributed by atoms with E-state index in [2.05, 4.69) is 17.3 Å². The Morgan fingerprint density at radius 2 is 2.04 bits per heavy atom. The molecule has 4 rings (SSSR count). The molecule has 0 N–H and O–H groups in total. The van der Waals surface area contributed by atoms with Crippen LogP contribution in [-0.4, -0.2) is 54.3 Å². The van der Waals surface area contributed by atoms with E-state index in [0.717, 1.165) is 5.56 Å². The van der Waals surface area contributed by atoms with Crippen molar-refractivity contribution in [2.24, 2.45) is 10.3 Å². The predicted octanol–water partition coefficient (Wildman–Crippen LogP) is 2.29. The smallest absolute Gasteiger partial charge is 0.184 e. The van der Waals surface area contributed by atoms with Gasteiger partial charge in [-0.2, -0.15) is 5.11 Å². The van der Waals surface area contributed by atoms with Crippen LogP contribution in [0.15, 0.2) is 40.7 Å². The second-order valence-corrected chi connectivity index (χ2v) is 6.90. The van der Waals surface area contributed by atoms with Crippen molar-refractivity contribution in [3.05, 3.63) is 35.9 Å². The molecular weight excluding hydrogens is 322 g/mol. The average molecular weight is 345 g/mol. The Bertz CT molecular complexity index is 653. The van der Waals surface area contributed by atoms with E-state index in [1.54, 1.807) is 6.92 Å². The zero-order valence-corrected chi connectivity index (χ0v) is 14.4. The van der Waals surface area contributed by atoms with Crippen molar-refractivity contribution in [3.8, 4) is 0 Å². The summed E-state index contributed by atoms with van der Waals surface area (Å²) < 4.78 is 18.1. The van der Waals surface area contributed by atoms with E-state index in [0.29, 0.717) is 19.6 Å². The molecule has 3 aliphatic heterocycles. The number of carbonyl (C=O) groups is 1. The Morgan fingerprint density at radius 1 is 1.24 bits per heavy atom. The summed E-state index contributed by atoms with van der Waals surface area (Å²) in [4.78, 5) is 11.9. The van der Waals surface area contributed by atoms with Gasteiger partial charge in [-0.05, 0) is 13.8 Å². The van der Waals surface area contributed by atoms with Gasteiger partial charge < -0.3 is 14.2 Å². The summed E-state index contributed by atoms with van der Waals surface area (Å²) >= 11 is 0. The minimum absolute atomic E-state index is 0.0254. The van der Waals surface area contributed by atoms with Gasteiger partial charge in [0.2, 0.25) is 0 Å². The molecule has 134 valence electrons. The van der Waals surface area contributed by atoms with E-state index >= 15 is 0 Å². The van der Waals surface area contributed by atoms with Crippen molar-refractivity contribution in [2.45, 2.75) is 57.0 Å². The molecule has 3 heterocycles. The summed E-state index contributed by atoms with van der Waals surface area (Å²) in [5, 5.41) is 10.4. The molecule has 0 spiro atoms. The Balaban J connectivity index is 1.58. The summed E-state index contributed by atoms with van der Waals surface area (Å²) in [7, 11) is 0. The average Bonchev–Trinajstić information content (AvgIpc) is 3.06. The lowest BCUT2D eigenvalue weighted by molar-refractivity contribution is -0.300. The molecule has 1 aromatic rings. The molecule has 2 saturated heterocycles. The molecule has 25 heavy (non-hydrogen) atoms. The number of carbonyl (C=O) groups excluding carboxylic acids is 1. The SMILES string of the molecule is CC(=O)C1C[C@@H](N2N=NCC2C)[C@H]2OC(c3ccccc3)OC[C@H]2O1. The number of benzene rings is 1. The fourth-order valence-corrected chi connectivity index (χ4v) is 3.72. The number of nitrogens with zero attached hydrogens (tertiary/aromatic N) is 3.